The van der Waals surface area contributed by atoms with Crippen molar-refractivity contribution < 1.29 is 22.3 Å². The van der Waals surface area contributed by atoms with E-state index in [0.29, 0.717) is 30.0 Å². The molecular formula is C18H18Cl2F2N2O3S. The molecule has 28 heavy (non-hydrogen) atoms. The van der Waals surface area contributed by atoms with Crippen LogP contribution in [0.15, 0.2) is 35.2 Å². The van der Waals surface area contributed by atoms with Gasteiger partial charge in [-0.25, -0.2) is 17.2 Å². The van der Waals surface area contributed by atoms with Crippen LogP contribution in [0.3, 0.4) is 0 Å². The number of hydrogen-bond acceptors (Lipinski definition) is 4. The molecule has 0 radical (unpaired) electrons. The van der Waals surface area contributed by atoms with E-state index < -0.39 is 27.7 Å². The van der Waals surface area contributed by atoms with E-state index in [-0.39, 0.29) is 28.8 Å². The summed E-state index contributed by atoms with van der Waals surface area (Å²) in [5.41, 5.74) is 0.691. The fourth-order valence-electron chi connectivity index (χ4n) is 3.15. The van der Waals surface area contributed by atoms with E-state index in [2.05, 4.69) is 5.32 Å². The molecule has 1 unspecified atom stereocenters. The molecule has 2 N–H and O–H groups in total. The van der Waals surface area contributed by atoms with Gasteiger partial charge in [0.15, 0.2) is 11.6 Å². The average molecular weight is 451 g/mol. The number of aliphatic hydroxyl groups is 1. The average Bonchev–Trinajstić information content (AvgIpc) is 3.15. The van der Waals surface area contributed by atoms with Crippen molar-refractivity contribution >= 4 is 38.9 Å². The van der Waals surface area contributed by atoms with Crippen molar-refractivity contribution in [1.82, 2.24) is 4.31 Å². The van der Waals surface area contributed by atoms with Gasteiger partial charge in [0.2, 0.25) is 10.0 Å². The van der Waals surface area contributed by atoms with Gasteiger partial charge >= 0.3 is 0 Å². The van der Waals surface area contributed by atoms with Gasteiger partial charge < -0.3 is 10.4 Å². The molecule has 5 nitrogen and oxygen atoms in total. The van der Waals surface area contributed by atoms with E-state index in [0.717, 1.165) is 6.07 Å². The summed E-state index contributed by atoms with van der Waals surface area (Å²) < 4.78 is 53.9. The van der Waals surface area contributed by atoms with Crippen molar-refractivity contribution in [3.05, 3.63) is 57.6 Å². The Morgan fingerprint density at radius 1 is 1.18 bits per heavy atom. The van der Waals surface area contributed by atoms with Crippen molar-refractivity contribution in [2.24, 2.45) is 0 Å². The van der Waals surface area contributed by atoms with Crippen LogP contribution in [0, 0.1) is 11.6 Å². The topological polar surface area (TPSA) is 69.6 Å². The summed E-state index contributed by atoms with van der Waals surface area (Å²) >= 11 is 11.8. The molecule has 0 aromatic heterocycles. The fraction of sp³-hybridized carbons (Fsp3) is 0.333. The van der Waals surface area contributed by atoms with Crippen LogP contribution in [-0.4, -0.2) is 37.0 Å². The van der Waals surface area contributed by atoms with Gasteiger partial charge in [-0.2, -0.15) is 4.31 Å². The molecule has 2 aromatic carbocycles. The van der Waals surface area contributed by atoms with Crippen molar-refractivity contribution in [1.29, 1.82) is 0 Å². The van der Waals surface area contributed by atoms with Crippen molar-refractivity contribution in [3.63, 3.8) is 0 Å². The Balaban J connectivity index is 1.84. The maximum absolute atomic E-state index is 13.5. The van der Waals surface area contributed by atoms with E-state index in [1.54, 1.807) is 0 Å². The van der Waals surface area contributed by atoms with E-state index in [4.69, 9.17) is 23.2 Å². The van der Waals surface area contributed by atoms with Gasteiger partial charge in [0.05, 0.1) is 16.5 Å². The molecule has 2 aromatic rings. The van der Waals surface area contributed by atoms with Gasteiger partial charge in [0.25, 0.3) is 0 Å². The van der Waals surface area contributed by atoms with Crippen LogP contribution in [0.1, 0.15) is 18.4 Å². The lowest BCUT2D eigenvalue weighted by Crippen LogP contribution is -2.37. The number of sulfonamides is 1. The Labute approximate surface area is 171 Å². The molecule has 1 heterocycles. The lowest BCUT2D eigenvalue weighted by Gasteiger charge is -2.23. The predicted molar refractivity (Wildman–Crippen MR) is 104 cm³/mol. The summed E-state index contributed by atoms with van der Waals surface area (Å²) in [6.07, 6.45) is 1.29. The fourth-order valence-corrected chi connectivity index (χ4v) is 5.27. The predicted octanol–water partition coefficient (Wildman–Crippen LogP) is 4.03. The molecule has 1 aliphatic heterocycles. The monoisotopic (exact) mass is 450 g/mol. The number of anilines is 1. The minimum absolute atomic E-state index is 0.0531. The van der Waals surface area contributed by atoms with Crippen molar-refractivity contribution in [2.75, 3.05) is 18.5 Å². The third-order valence-corrected chi connectivity index (χ3v) is 7.22. The molecule has 1 atom stereocenters. The smallest absolute Gasteiger partial charge is 0.243 e. The summed E-state index contributed by atoms with van der Waals surface area (Å²) in [6.45, 7) is 0.183. The number of aliphatic hydroxyl groups excluding tert-OH is 1. The van der Waals surface area contributed by atoms with Gasteiger partial charge in [0, 0.05) is 35.9 Å². The standard InChI is InChI=1S/C18H18Cl2F2N2O3S/c19-15-4-3-14(28(26,27)24-5-1-2-13(24)10-25)6-11(15)9-23-12-7-16(20)18(22)17(21)8-12/h3-4,6-8,13,23,25H,1-2,5,9-10H2. The van der Waals surface area contributed by atoms with Crippen LogP contribution in [0.2, 0.25) is 10.0 Å². The van der Waals surface area contributed by atoms with Gasteiger partial charge in [-0.1, -0.05) is 23.2 Å². The maximum atomic E-state index is 13.5. The Kier molecular flexibility index (Phi) is 6.46. The largest absolute Gasteiger partial charge is 0.395 e. The van der Waals surface area contributed by atoms with Crippen LogP contribution in [0.4, 0.5) is 14.5 Å². The highest BCUT2D eigenvalue weighted by atomic mass is 35.5. The first-order valence-corrected chi connectivity index (χ1v) is 10.7. The van der Waals surface area contributed by atoms with Crippen LogP contribution in [-0.2, 0) is 16.6 Å². The van der Waals surface area contributed by atoms with Gasteiger partial charge in [-0.05, 0) is 42.7 Å². The lowest BCUT2D eigenvalue weighted by molar-refractivity contribution is 0.213. The summed E-state index contributed by atoms with van der Waals surface area (Å²) in [5.74, 6) is -2.23. The second kappa shape index (κ2) is 8.51. The Hall–Kier alpha value is -1.45. The van der Waals surface area contributed by atoms with Gasteiger partial charge in [-0.3, -0.25) is 0 Å². The number of hydrogen-bond donors (Lipinski definition) is 2. The van der Waals surface area contributed by atoms with E-state index >= 15 is 0 Å². The third kappa shape index (κ3) is 4.26. The molecule has 3 rings (SSSR count). The molecule has 0 bridgehead atoms. The van der Waals surface area contributed by atoms with Crippen LogP contribution >= 0.6 is 23.2 Å². The molecule has 1 aliphatic rings. The summed E-state index contributed by atoms with van der Waals surface area (Å²) in [5, 5.41) is 12.2. The van der Waals surface area contributed by atoms with Crippen molar-refractivity contribution in [3.8, 4) is 0 Å². The van der Waals surface area contributed by atoms with Crippen LogP contribution in [0.5, 0.6) is 0 Å². The molecular weight excluding hydrogens is 433 g/mol. The minimum Gasteiger partial charge on any atom is -0.395 e. The van der Waals surface area contributed by atoms with Gasteiger partial charge in [-0.15, -0.1) is 0 Å². The second-order valence-electron chi connectivity index (χ2n) is 6.46. The summed E-state index contributed by atoms with van der Waals surface area (Å²) in [7, 11) is -3.79. The third-order valence-electron chi connectivity index (χ3n) is 4.62. The summed E-state index contributed by atoms with van der Waals surface area (Å²) in [6, 6.07) is 6.04. The minimum atomic E-state index is -3.79. The Morgan fingerprint density at radius 2 is 1.93 bits per heavy atom. The maximum Gasteiger partial charge on any atom is 0.243 e. The first-order valence-electron chi connectivity index (χ1n) is 8.53. The molecule has 0 saturated carbocycles. The van der Waals surface area contributed by atoms with E-state index in [1.165, 1.54) is 28.6 Å². The molecule has 0 aliphatic carbocycles. The second-order valence-corrected chi connectivity index (χ2v) is 9.16. The number of rotatable bonds is 6. The number of nitrogens with one attached hydrogen (secondary N) is 1. The Bertz CT molecular complexity index is 966. The molecule has 0 amide bonds. The molecule has 1 saturated heterocycles. The number of benzene rings is 2. The van der Waals surface area contributed by atoms with Gasteiger partial charge in [0.1, 0.15) is 0 Å². The van der Waals surface area contributed by atoms with Crippen LogP contribution < -0.4 is 5.32 Å². The highest BCUT2D eigenvalue weighted by Gasteiger charge is 2.35. The highest BCUT2D eigenvalue weighted by Crippen LogP contribution is 2.29. The number of nitrogens with zero attached hydrogens (tertiary/aromatic N) is 1. The first-order chi connectivity index (χ1) is 13.2. The van der Waals surface area contributed by atoms with Crippen LogP contribution in [0.25, 0.3) is 0 Å². The normalized spacial score (nSPS) is 17.8. The SMILES string of the molecule is O=S(=O)(c1ccc(Cl)c(CNc2cc(F)c(F)c(Cl)c2)c1)N1CCCC1CO. The van der Waals surface area contributed by atoms with Crippen molar-refractivity contribution in [2.45, 2.75) is 30.3 Å². The molecule has 10 heteroatoms. The molecule has 1 fully saturated rings. The zero-order valence-electron chi connectivity index (χ0n) is 14.6. The Morgan fingerprint density at radius 3 is 2.61 bits per heavy atom. The molecule has 152 valence electrons. The summed E-state index contributed by atoms with van der Waals surface area (Å²) in [4.78, 5) is 0.0531. The number of halogens is 4. The molecule has 0 spiro atoms. The zero-order valence-corrected chi connectivity index (χ0v) is 17.0. The first kappa shape index (κ1) is 21.3. The van der Waals surface area contributed by atoms with E-state index in [1.807, 2.05) is 0 Å². The lowest BCUT2D eigenvalue weighted by atomic mass is 10.2. The zero-order chi connectivity index (χ0) is 20.5. The quantitative estimate of drug-likeness (QED) is 0.651. The highest BCUT2D eigenvalue weighted by molar-refractivity contribution is 7.89. The van der Waals surface area contributed by atoms with E-state index in [9.17, 15) is 22.3 Å².